The highest BCUT2D eigenvalue weighted by Gasteiger charge is 2.02. The molecule has 0 amide bonds. The van der Waals surface area contributed by atoms with E-state index in [9.17, 15) is 4.39 Å². The number of benzene rings is 1. The monoisotopic (exact) mass is 276 g/mol. The van der Waals surface area contributed by atoms with Gasteiger partial charge >= 0.3 is 0 Å². The summed E-state index contributed by atoms with van der Waals surface area (Å²) in [6, 6.07) is 7.44. The van der Waals surface area contributed by atoms with Crippen LogP contribution in [-0.4, -0.2) is 34.5 Å². The number of ether oxygens (including phenoxy) is 1. The maximum absolute atomic E-state index is 12.7. The summed E-state index contributed by atoms with van der Waals surface area (Å²) in [6.07, 6.45) is 3.76. The summed E-state index contributed by atoms with van der Waals surface area (Å²) < 4.78 is 18.0. The van der Waals surface area contributed by atoms with Gasteiger partial charge in [-0.3, -0.25) is 0 Å². The quantitative estimate of drug-likeness (QED) is 0.853. The normalized spacial score (nSPS) is 12.8. The lowest BCUT2D eigenvalue weighted by Crippen LogP contribution is -2.01. The van der Waals surface area contributed by atoms with Crippen LogP contribution in [0.3, 0.4) is 0 Å². The molecule has 20 heavy (non-hydrogen) atoms. The topological polar surface area (TPSA) is 58.1 Å². The number of rotatable bonds is 6. The number of H-pyrrole nitrogens is 1. The second kappa shape index (κ2) is 6.86. The predicted octanol–water partition coefficient (Wildman–Crippen LogP) is 2.82. The number of halogens is 1. The third-order valence-electron chi connectivity index (χ3n) is 2.64. The lowest BCUT2D eigenvalue weighted by molar-refractivity contribution is 0.201. The maximum atomic E-state index is 12.7. The molecule has 0 saturated heterocycles. The van der Waals surface area contributed by atoms with Crippen molar-refractivity contribution in [1.29, 1.82) is 0 Å². The standard InChI is InChI=1S/C15H17FN2O2/c1-11(16)2-7-15-17-10-14(18-15)12-3-5-13(6-4-12)20-9-8-19/h2-7,10-11,19H,8-9H2,1H3,(H,17,18)/b7-2-/t11-/m0/s1. The number of aromatic amines is 1. The zero-order valence-electron chi connectivity index (χ0n) is 11.2. The molecule has 0 radical (unpaired) electrons. The molecule has 1 aromatic heterocycles. The average Bonchev–Trinajstić information content (AvgIpc) is 2.92. The highest BCUT2D eigenvalue weighted by Crippen LogP contribution is 2.21. The molecule has 5 heteroatoms. The van der Waals surface area contributed by atoms with E-state index in [0.29, 0.717) is 11.6 Å². The lowest BCUT2D eigenvalue weighted by Gasteiger charge is -2.04. The Kier molecular flexibility index (Phi) is 4.90. The highest BCUT2D eigenvalue weighted by molar-refractivity contribution is 5.61. The third kappa shape index (κ3) is 3.93. The molecule has 0 aliphatic heterocycles. The molecule has 2 aromatic rings. The van der Waals surface area contributed by atoms with Crippen molar-refractivity contribution in [2.45, 2.75) is 13.1 Å². The van der Waals surface area contributed by atoms with Crippen LogP contribution in [0.1, 0.15) is 12.7 Å². The van der Waals surface area contributed by atoms with Gasteiger partial charge in [0.2, 0.25) is 0 Å². The van der Waals surface area contributed by atoms with Crippen molar-refractivity contribution in [3.8, 4) is 17.0 Å². The first-order valence-electron chi connectivity index (χ1n) is 6.40. The van der Waals surface area contributed by atoms with E-state index in [0.717, 1.165) is 11.3 Å². The zero-order valence-corrected chi connectivity index (χ0v) is 11.2. The van der Waals surface area contributed by atoms with Crippen LogP contribution >= 0.6 is 0 Å². The summed E-state index contributed by atoms with van der Waals surface area (Å²) >= 11 is 0. The number of hydrogen-bond donors (Lipinski definition) is 2. The number of aliphatic hydroxyl groups is 1. The molecule has 1 heterocycles. The number of imidazole rings is 1. The minimum atomic E-state index is -0.994. The molecule has 0 spiro atoms. The van der Waals surface area contributed by atoms with Crippen LogP contribution in [0, 0.1) is 0 Å². The van der Waals surface area contributed by atoms with Crippen molar-refractivity contribution in [3.63, 3.8) is 0 Å². The van der Waals surface area contributed by atoms with Gasteiger partial charge in [-0.25, -0.2) is 9.37 Å². The van der Waals surface area contributed by atoms with Gasteiger partial charge in [0.15, 0.2) is 0 Å². The first-order valence-corrected chi connectivity index (χ1v) is 6.40. The van der Waals surface area contributed by atoms with Gasteiger partial charge in [0.25, 0.3) is 0 Å². The van der Waals surface area contributed by atoms with Crippen LogP contribution in [0.2, 0.25) is 0 Å². The Hall–Kier alpha value is -2.14. The van der Waals surface area contributed by atoms with E-state index in [1.165, 1.54) is 13.0 Å². The van der Waals surface area contributed by atoms with Crippen LogP contribution in [0.25, 0.3) is 17.3 Å². The highest BCUT2D eigenvalue weighted by atomic mass is 19.1. The van der Waals surface area contributed by atoms with Crippen molar-refractivity contribution >= 4 is 6.08 Å². The molecule has 0 unspecified atom stereocenters. The van der Waals surface area contributed by atoms with E-state index in [-0.39, 0.29) is 13.2 Å². The van der Waals surface area contributed by atoms with Crippen LogP contribution in [0.15, 0.2) is 36.5 Å². The van der Waals surface area contributed by atoms with Gasteiger partial charge < -0.3 is 14.8 Å². The molecule has 1 atom stereocenters. The molecule has 2 rings (SSSR count). The summed E-state index contributed by atoms with van der Waals surface area (Å²) in [4.78, 5) is 7.27. The number of aromatic nitrogens is 2. The Morgan fingerprint density at radius 1 is 1.40 bits per heavy atom. The van der Waals surface area contributed by atoms with Crippen LogP contribution < -0.4 is 4.74 Å². The Bertz CT molecular complexity index is 562. The summed E-state index contributed by atoms with van der Waals surface area (Å²) in [7, 11) is 0. The largest absolute Gasteiger partial charge is 0.491 e. The van der Waals surface area contributed by atoms with E-state index < -0.39 is 6.17 Å². The second-order valence-electron chi connectivity index (χ2n) is 4.32. The minimum Gasteiger partial charge on any atom is -0.491 e. The number of nitrogens with one attached hydrogen (secondary N) is 1. The Balaban J connectivity index is 2.08. The molecular weight excluding hydrogens is 259 g/mol. The fourth-order valence-corrected chi connectivity index (χ4v) is 1.69. The Labute approximate surface area is 116 Å². The lowest BCUT2D eigenvalue weighted by atomic mass is 10.2. The van der Waals surface area contributed by atoms with Gasteiger partial charge in [0, 0.05) is 0 Å². The first kappa shape index (κ1) is 14.3. The Morgan fingerprint density at radius 2 is 2.15 bits per heavy atom. The number of alkyl halides is 1. The van der Waals surface area contributed by atoms with Crippen LogP contribution in [0.5, 0.6) is 5.75 Å². The van der Waals surface area contributed by atoms with E-state index >= 15 is 0 Å². The van der Waals surface area contributed by atoms with Gasteiger partial charge in [-0.05, 0) is 48.9 Å². The van der Waals surface area contributed by atoms with Crippen molar-refractivity contribution < 1.29 is 14.2 Å². The van der Waals surface area contributed by atoms with Gasteiger partial charge in [-0.15, -0.1) is 0 Å². The molecule has 0 aliphatic carbocycles. The number of allylic oxidation sites excluding steroid dienone is 1. The summed E-state index contributed by atoms with van der Waals surface area (Å²) in [5.41, 5.74) is 1.81. The third-order valence-corrected chi connectivity index (χ3v) is 2.64. The smallest absolute Gasteiger partial charge is 0.130 e. The molecule has 2 N–H and O–H groups in total. The zero-order chi connectivity index (χ0) is 14.4. The SMILES string of the molecule is C[C@H](F)/C=C\c1ncc(-c2ccc(OCCO)cc2)[nH]1. The van der Waals surface area contributed by atoms with Crippen molar-refractivity contribution in [2.75, 3.05) is 13.2 Å². The Morgan fingerprint density at radius 3 is 2.80 bits per heavy atom. The van der Waals surface area contributed by atoms with Gasteiger partial charge in [0.1, 0.15) is 24.4 Å². The second-order valence-corrected chi connectivity index (χ2v) is 4.32. The molecule has 0 bridgehead atoms. The molecule has 4 nitrogen and oxygen atoms in total. The van der Waals surface area contributed by atoms with Gasteiger partial charge in [0.05, 0.1) is 18.5 Å². The molecule has 0 saturated carbocycles. The average molecular weight is 276 g/mol. The number of aliphatic hydroxyl groups excluding tert-OH is 1. The summed E-state index contributed by atoms with van der Waals surface area (Å²) in [5, 5.41) is 8.68. The van der Waals surface area contributed by atoms with Crippen LogP contribution in [0.4, 0.5) is 4.39 Å². The summed E-state index contributed by atoms with van der Waals surface area (Å²) in [6.45, 7) is 1.73. The van der Waals surface area contributed by atoms with Crippen molar-refractivity contribution in [1.82, 2.24) is 9.97 Å². The maximum Gasteiger partial charge on any atom is 0.130 e. The van der Waals surface area contributed by atoms with E-state index in [1.807, 2.05) is 24.3 Å². The fraction of sp³-hybridized carbons (Fsp3) is 0.267. The molecule has 106 valence electrons. The number of nitrogens with zero attached hydrogens (tertiary/aromatic N) is 1. The number of hydrogen-bond acceptors (Lipinski definition) is 3. The fourth-order valence-electron chi connectivity index (χ4n) is 1.69. The van der Waals surface area contributed by atoms with E-state index in [4.69, 9.17) is 9.84 Å². The van der Waals surface area contributed by atoms with Gasteiger partial charge in [-0.2, -0.15) is 0 Å². The predicted molar refractivity (Wildman–Crippen MR) is 76.2 cm³/mol. The molecule has 1 aromatic carbocycles. The van der Waals surface area contributed by atoms with E-state index in [1.54, 1.807) is 12.3 Å². The summed E-state index contributed by atoms with van der Waals surface area (Å²) in [5.74, 6) is 1.32. The van der Waals surface area contributed by atoms with Crippen LogP contribution in [-0.2, 0) is 0 Å². The molecule has 0 aliphatic rings. The molecular formula is C15H17FN2O2. The van der Waals surface area contributed by atoms with Crippen molar-refractivity contribution in [2.24, 2.45) is 0 Å². The first-order chi connectivity index (χ1) is 9.69. The molecule has 0 fully saturated rings. The van der Waals surface area contributed by atoms with Gasteiger partial charge in [-0.1, -0.05) is 0 Å². The van der Waals surface area contributed by atoms with Crippen molar-refractivity contribution in [3.05, 3.63) is 42.4 Å². The minimum absolute atomic E-state index is 0.00894. The van der Waals surface area contributed by atoms with E-state index in [2.05, 4.69) is 9.97 Å².